The molecule has 0 spiro atoms. The van der Waals surface area contributed by atoms with Gasteiger partial charge in [-0.3, -0.25) is 0 Å². The molecule has 1 N–H and O–H groups in total. The summed E-state index contributed by atoms with van der Waals surface area (Å²) in [5.74, 6) is -0.188. The van der Waals surface area contributed by atoms with Gasteiger partial charge in [0.05, 0.1) is 0 Å². The second-order valence-electron chi connectivity index (χ2n) is 5.29. The van der Waals surface area contributed by atoms with Crippen molar-refractivity contribution in [3.05, 3.63) is 60.0 Å². The highest BCUT2D eigenvalue weighted by Gasteiger charge is 2.08. The van der Waals surface area contributed by atoms with Gasteiger partial charge in [-0.15, -0.1) is 0 Å². The van der Waals surface area contributed by atoms with Crippen molar-refractivity contribution in [1.82, 2.24) is 9.88 Å². The van der Waals surface area contributed by atoms with Gasteiger partial charge in [-0.2, -0.15) is 0 Å². The molecule has 1 heterocycles. The lowest BCUT2D eigenvalue weighted by Gasteiger charge is -2.08. The van der Waals surface area contributed by atoms with Crippen molar-refractivity contribution in [3.63, 3.8) is 0 Å². The van der Waals surface area contributed by atoms with Crippen molar-refractivity contribution in [1.29, 1.82) is 0 Å². The quantitative estimate of drug-likeness (QED) is 0.759. The monoisotopic (exact) mass is 268 g/mol. The van der Waals surface area contributed by atoms with Crippen LogP contribution in [-0.2, 0) is 6.54 Å². The fourth-order valence-electron chi connectivity index (χ4n) is 2.52. The molecule has 0 fully saturated rings. The number of H-pyrrole nitrogens is 1. The van der Waals surface area contributed by atoms with E-state index in [4.69, 9.17) is 0 Å². The van der Waals surface area contributed by atoms with Crippen LogP contribution in [0.5, 0.6) is 0 Å². The first-order chi connectivity index (χ1) is 9.65. The van der Waals surface area contributed by atoms with E-state index in [9.17, 15) is 4.39 Å². The standard InChI is InChI=1S/C17H17FN2/c1-20(2)11-13-10-19-17-9-12(7-8-15(13)17)14-5-3-4-6-16(14)18/h3-10,19H,11H2,1-2H3. The lowest BCUT2D eigenvalue weighted by atomic mass is 10.0. The van der Waals surface area contributed by atoms with E-state index in [2.05, 4.69) is 16.0 Å². The van der Waals surface area contributed by atoms with Gasteiger partial charge in [0.2, 0.25) is 0 Å². The van der Waals surface area contributed by atoms with Crippen LogP contribution in [0.1, 0.15) is 5.56 Å². The number of benzene rings is 2. The van der Waals surface area contributed by atoms with E-state index in [1.54, 1.807) is 12.1 Å². The summed E-state index contributed by atoms with van der Waals surface area (Å²) in [7, 11) is 4.10. The summed E-state index contributed by atoms with van der Waals surface area (Å²) in [6.07, 6.45) is 2.02. The molecule has 2 aromatic carbocycles. The summed E-state index contributed by atoms with van der Waals surface area (Å²) in [6.45, 7) is 0.888. The summed E-state index contributed by atoms with van der Waals surface area (Å²) in [5.41, 5.74) is 3.83. The number of nitrogens with zero attached hydrogens (tertiary/aromatic N) is 1. The van der Waals surface area contributed by atoms with Gasteiger partial charge in [-0.25, -0.2) is 4.39 Å². The predicted molar refractivity (Wildman–Crippen MR) is 81.1 cm³/mol. The lowest BCUT2D eigenvalue weighted by Crippen LogP contribution is -2.09. The molecule has 3 heteroatoms. The fraction of sp³-hybridized carbons (Fsp3) is 0.176. The zero-order chi connectivity index (χ0) is 14.1. The fourth-order valence-corrected chi connectivity index (χ4v) is 2.52. The Morgan fingerprint density at radius 2 is 1.90 bits per heavy atom. The Morgan fingerprint density at radius 3 is 2.65 bits per heavy atom. The molecule has 0 atom stereocenters. The summed E-state index contributed by atoms with van der Waals surface area (Å²) in [4.78, 5) is 5.41. The second-order valence-corrected chi connectivity index (χ2v) is 5.29. The lowest BCUT2D eigenvalue weighted by molar-refractivity contribution is 0.404. The van der Waals surface area contributed by atoms with Gasteiger partial charge in [-0.1, -0.05) is 30.3 Å². The van der Waals surface area contributed by atoms with Gasteiger partial charge in [0.25, 0.3) is 0 Å². The summed E-state index contributed by atoms with van der Waals surface area (Å²) >= 11 is 0. The minimum atomic E-state index is -0.188. The van der Waals surface area contributed by atoms with E-state index in [0.717, 1.165) is 17.6 Å². The maximum atomic E-state index is 13.8. The van der Waals surface area contributed by atoms with Gasteiger partial charge in [-0.05, 0) is 37.4 Å². The van der Waals surface area contributed by atoms with Crippen molar-refractivity contribution in [2.75, 3.05) is 14.1 Å². The van der Waals surface area contributed by atoms with Gasteiger partial charge >= 0.3 is 0 Å². The Bertz CT molecular complexity index is 744. The molecular weight excluding hydrogens is 251 g/mol. The van der Waals surface area contributed by atoms with Crippen molar-refractivity contribution in [2.24, 2.45) is 0 Å². The molecule has 3 rings (SSSR count). The molecule has 2 nitrogen and oxygen atoms in total. The van der Waals surface area contributed by atoms with Crippen molar-refractivity contribution < 1.29 is 4.39 Å². The van der Waals surface area contributed by atoms with E-state index in [1.165, 1.54) is 17.0 Å². The Labute approximate surface area is 117 Å². The molecule has 0 aliphatic rings. The number of halogens is 1. The Hall–Kier alpha value is -2.13. The third-order valence-electron chi connectivity index (χ3n) is 3.44. The van der Waals surface area contributed by atoms with Crippen molar-refractivity contribution >= 4 is 10.9 Å². The topological polar surface area (TPSA) is 19.0 Å². The van der Waals surface area contributed by atoms with Crippen LogP contribution in [0.3, 0.4) is 0 Å². The van der Waals surface area contributed by atoms with E-state index in [0.29, 0.717) is 5.56 Å². The molecular formula is C17H17FN2. The van der Waals surface area contributed by atoms with Crippen LogP contribution in [-0.4, -0.2) is 24.0 Å². The first kappa shape index (κ1) is 12.9. The Kier molecular flexibility index (Phi) is 3.28. The average molecular weight is 268 g/mol. The maximum absolute atomic E-state index is 13.8. The molecule has 0 amide bonds. The SMILES string of the molecule is CN(C)Cc1c[nH]c2cc(-c3ccccc3F)ccc12. The molecule has 3 aromatic rings. The molecule has 0 radical (unpaired) electrons. The predicted octanol–water partition coefficient (Wildman–Crippen LogP) is 4.04. The molecule has 0 aliphatic carbocycles. The van der Waals surface area contributed by atoms with Gasteiger partial charge in [0.15, 0.2) is 0 Å². The summed E-state index contributed by atoms with van der Waals surface area (Å²) < 4.78 is 13.8. The summed E-state index contributed by atoms with van der Waals surface area (Å²) in [6, 6.07) is 12.9. The van der Waals surface area contributed by atoms with E-state index in [-0.39, 0.29) is 5.82 Å². The highest BCUT2D eigenvalue weighted by molar-refractivity contribution is 5.87. The number of fused-ring (bicyclic) bond motifs is 1. The van der Waals surface area contributed by atoms with Gasteiger partial charge in [0, 0.05) is 29.2 Å². The molecule has 0 saturated carbocycles. The minimum absolute atomic E-state index is 0.188. The van der Waals surface area contributed by atoms with Crippen LogP contribution >= 0.6 is 0 Å². The maximum Gasteiger partial charge on any atom is 0.131 e. The smallest absolute Gasteiger partial charge is 0.131 e. The first-order valence-electron chi connectivity index (χ1n) is 6.65. The third kappa shape index (κ3) is 2.32. The van der Waals surface area contributed by atoms with Crippen molar-refractivity contribution in [3.8, 4) is 11.1 Å². The van der Waals surface area contributed by atoms with Crippen LogP contribution in [0, 0.1) is 5.82 Å². The Morgan fingerprint density at radius 1 is 1.10 bits per heavy atom. The van der Waals surface area contributed by atoms with Crippen LogP contribution < -0.4 is 0 Å². The Balaban J connectivity index is 2.06. The van der Waals surface area contributed by atoms with Crippen molar-refractivity contribution in [2.45, 2.75) is 6.54 Å². The molecule has 102 valence electrons. The second kappa shape index (κ2) is 5.10. The normalized spacial score (nSPS) is 11.4. The number of rotatable bonds is 3. The first-order valence-corrected chi connectivity index (χ1v) is 6.65. The molecule has 0 bridgehead atoms. The average Bonchev–Trinajstić information content (AvgIpc) is 2.81. The molecule has 20 heavy (non-hydrogen) atoms. The number of hydrogen-bond donors (Lipinski definition) is 1. The highest BCUT2D eigenvalue weighted by Crippen LogP contribution is 2.27. The zero-order valence-electron chi connectivity index (χ0n) is 11.7. The van der Waals surface area contributed by atoms with E-state index >= 15 is 0 Å². The van der Waals surface area contributed by atoms with E-state index < -0.39 is 0 Å². The molecule has 0 unspecified atom stereocenters. The third-order valence-corrected chi connectivity index (χ3v) is 3.44. The van der Waals surface area contributed by atoms with Crippen LogP contribution in [0.4, 0.5) is 4.39 Å². The number of nitrogens with one attached hydrogen (secondary N) is 1. The van der Waals surface area contributed by atoms with Gasteiger partial charge < -0.3 is 9.88 Å². The number of aromatic nitrogens is 1. The zero-order valence-corrected chi connectivity index (χ0v) is 11.7. The molecule has 0 saturated heterocycles. The van der Waals surface area contributed by atoms with Crippen LogP contribution in [0.15, 0.2) is 48.7 Å². The molecule has 0 aliphatic heterocycles. The summed E-state index contributed by atoms with van der Waals surface area (Å²) in [5, 5.41) is 1.19. The minimum Gasteiger partial charge on any atom is -0.361 e. The van der Waals surface area contributed by atoms with Crippen LogP contribution in [0.25, 0.3) is 22.0 Å². The van der Waals surface area contributed by atoms with Crippen LogP contribution in [0.2, 0.25) is 0 Å². The number of hydrogen-bond acceptors (Lipinski definition) is 1. The number of aromatic amines is 1. The van der Waals surface area contributed by atoms with Gasteiger partial charge in [0.1, 0.15) is 5.82 Å². The highest BCUT2D eigenvalue weighted by atomic mass is 19.1. The largest absolute Gasteiger partial charge is 0.361 e. The molecule has 1 aromatic heterocycles. The van der Waals surface area contributed by atoms with E-state index in [1.807, 2.05) is 38.5 Å².